The normalized spacial score (nSPS) is 16.6. The Balaban J connectivity index is 1.24. The van der Waals surface area contributed by atoms with Gasteiger partial charge >= 0.3 is 5.97 Å². The van der Waals surface area contributed by atoms with Gasteiger partial charge in [0.05, 0.1) is 31.0 Å². The van der Waals surface area contributed by atoms with Gasteiger partial charge in [-0.2, -0.15) is 0 Å². The summed E-state index contributed by atoms with van der Waals surface area (Å²) in [5, 5.41) is 24.4. The molecule has 1 aromatic heterocycles. The predicted molar refractivity (Wildman–Crippen MR) is 199 cm³/mol. The molecule has 1 fully saturated rings. The molecular formula is C37H52N10O5. The Kier molecular flexibility index (Phi) is 13.8. The molecule has 52 heavy (non-hydrogen) atoms. The van der Waals surface area contributed by atoms with Crippen molar-refractivity contribution in [2.75, 3.05) is 97.5 Å². The lowest BCUT2D eigenvalue weighted by Gasteiger charge is -2.31. The van der Waals surface area contributed by atoms with Crippen LogP contribution >= 0.6 is 0 Å². The molecule has 0 radical (unpaired) electrons. The predicted octanol–water partition coefficient (Wildman–Crippen LogP) is 1.06. The van der Waals surface area contributed by atoms with Gasteiger partial charge in [-0.1, -0.05) is 47.7 Å². The van der Waals surface area contributed by atoms with E-state index in [1.165, 1.54) is 6.92 Å². The molecule has 2 aliphatic heterocycles. The first-order valence-electron chi connectivity index (χ1n) is 18.0. The third-order valence-electron chi connectivity index (χ3n) is 9.59. The molecule has 3 N–H and O–H groups in total. The van der Waals surface area contributed by atoms with Gasteiger partial charge in [-0.05, 0) is 32.1 Å². The first-order valence-corrected chi connectivity index (χ1v) is 18.0. The zero-order valence-corrected chi connectivity index (χ0v) is 30.6. The first-order chi connectivity index (χ1) is 25.1. The van der Waals surface area contributed by atoms with Gasteiger partial charge in [0.15, 0.2) is 0 Å². The number of aryl methyl sites for hydroxylation is 1. The second-order valence-electron chi connectivity index (χ2n) is 13.7. The number of para-hydroxylation sites is 1. The molecule has 1 saturated heterocycles. The second kappa shape index (κ2) is 18.7. The number of amides is 3. The second-order valence-corrected chi connectivity index (χ2v) is 13.7. The zero-order chi connectivity index (χ0) is 37.0. The number of benzene rings is 2. The highest BCUT2D eigenvalue weighted by Gasteiger charge is 2.29. The molecule has 3 amide bonds. The van der Waals surface area contributed by atoms with Crippen LogP contribution in [0.15, 0.2) is 48.5 Å². The summed E-state index contributed by atoms with van der Waals surface area (Å²) in [6, 6.07) is 15.6. The fourth-order valence-corrected chi connectivity index (χ4v) is 6.59. The van der Waals surface area contributed by atoms with Crippen molar-refractivity contribution in [3.8, 4) is 22.5 Å². The summed E-state index contributed by atoms with van der Waals surface area (Å²) < 4.78 is 1.88. The molecule has 15 heteroatoms. The van der Waals surface area contributed by atoms with Crippen molar-refractivity contribution in [3.63, 3.8) is 0 Å². The van der Waals surface area contributed by atoms with Crippen molar-refractivity contribution in [3.05, 3.63) is 54.1 Å². The molecule has 0 spiro atoms. The molecule has 0 bridgehead atoms. The maximum Gasteiger partial charge on any atom is 0.317 e. The largest absolute Gasteiger partial charge is 0.480 e. The highest BCUT2D eigenvalue weighted by molar-refractivity contribution is 6.00. The van der Waals surface area contributed by atoms with Gasteiger partial charge in [-0.25, -0.2) is 4.68 Å². The number of carbonyl (C=O) groups excluding carboxylic acids is 3. The van der Waals surface area contributed by atoms with Crippen LogP contribution in [0, 0.1) is 0 Å². The lowest BCUT2D eigenvalue weighted by molar-refractivity contribution is -0.138. The van der Waals surface area contributed by atoms with Crippen LogP contribution in [0.2, 0.25) is 0 Å². The quantitative estimate of drug-likeness (QED) is 0.244. The summed E-state index contributed by atoms with van der Waals surface area (Å²) in [6.45, 7) is 9.15. The molecule has 0 saturated carbocycles. The van der Waals surface area contributed by atoms with E-state index < -0.39 is 5.97 Å². The molecule has 0 aliphatic carbocycles. The maximum atomic E-state index is 13.5. The molecule has 280 valence electrons. The van der Waals surface area contributed by atoms with E-state index in [9.17, 15) is 24.3 Å². The van der Waals surface area contributed by atoms with E-state index in [1.807, 2.05) is 58.1 Å². The smallest absolute Gasteiger partial charge is 0.317 e. The molecule has 5 rings (SSSR count). The van der Waals surface area contributed by atoms with Crippen molar-refractivity contribution >= 4 is 29.4 Å². The summed E-state index contributed by atoms with van der Waals surface area (Å²) in [6.07, 6.45) is 0.791. The van der Waals surface area contributed by atoms with E-state index in [0.717, 1.165) is 54.3 Å². The minimum Gasteiger partial charge on any atom is -0.480 e. The number of anilines is 1. The van der Waals surface area contributed by atoms with Gasteiger partial charge in [-0.3, -0.25) is 29.0 Å². The number of fused-ring (bicyclic) bond motifs is 5. The van der Waals surface area contributed by atoms with Crippen LogP contribution in [0.25, 0.3) is 22.5 Å². The number of carboxylic acid groups (broad SMARTS) is 1. The Hall–Kier alpha value is -4.70. The van der Waals surface area contributed by atoms with E-state index in [-0.39, 0.29) is 43.8 Å². The number of aromatic nitrogens is 3. The van der Waals surface area contributed by atoms with Gasteiger partial charge < -0.3 is 30.4 Å². The summed E-state index contributed by atoms with van der Waals surface area (Å²) in [5.74, 6) is -1.20. The Morgan fingerprint density at radius 3 is 2.08 bits per heavy atom. The summed E-state index contributed by atoms with van der Waals surface area (Å²) >= 11 is 0. The number of hydrogen-bond acceptors (Lipinski definition) is 10. The Bertz CT molecular complexity index is 1700. The van der Waals surface area contributed by atoms with Crippen molar-refractivity contribution in [2.24, 2.45) is 0 Å². The van der Waals surface area contributed by atoms with E-state index in [4.69, 9.17) is 0 Å². The van der Waals surface area contributed by atoms with E-state index in [0.29, 0.717) is 57.9 Å². The van der Waals surface area contributed by atoms with Gasteiger partial charge in [0.1, 0.15) is 5.69 Å². The fraction of sp³-hybridized carbons (Fsp3) is 0.514. The van der Waals surface area contributed by atoms with E-state index >= 15 is 0 Å². The van der Waals surface area contributed by atoms with Gasteiger partial charge in [0.25, 0.3) is 0 Å². The molecule has 15 nitrogen and oxygen atoms in total. The average Bonchev–Trinajstić information content (AvgIpc) is 3.52. The maximum absolute atomic E-state index is 13.5. The third kappa shape index (κ3) is 10.7. The zero-order valence-electron chi connectivity index (χ0n) is 30.6. The van der Waals surface area contributed by atoms with Crippen molar-refractivity contribution < 1.29 is 24.3 Å². The van der Waals surface area contributed by atoms with E-state index in [2.05, 4.69) is 49.7 Å². The summed E-state index contributed by atoms with van der Waals surface area (Å²) in [4.78, 5) is 59.9. The minimum absolute atomic E-state index is 0.0217. The van der Waals surface area contributed by atoms with Crippen molar-refractivity contribution in [1.82, 2.24) is 45.2 Å². The Morgan fingerprint density at radius 2 is 1.38 bits per heavy atom. The van der Waals surface area contributed by atoms with Crippen molar-refractivity contribution in [1.29, 1.82) is 0 Å². The molecule has 2 aliphatic rings. The Morgan fingerprint density at radius 1 is 0.769 bits per heavy atom. The standard InChI is InChI=1S/C37H52N10O5/c1-28(48)38-15-13-34(50)46-25-29-9-4-5-10-30(29)37-36(31-11-6-7-12-32(31)46)40-41-47(37)16-8-14-39-33(49)26-44-21-19-42(2)17-18-43(3)20-22-45(24-23-44)27-35(51)52/h4-7,9-12H,8,13-27H2,1-3H3,(H,38,48)(H,39,49)(H,51,52). The molecule has 2 aromatic carbocycles. The van der Waals surface area contributed by atoms with Crippen molar-refractivity contribution in [2.45, 2.75) is 32.9 Å². The Labute approximate surface area is 305 Å². The van der Waals surface area contributed by atoms with Gasteiger partial charge in [0.2, 0.25) is 17.7 Å². The number of nitrogens with zero attached hydrogens (tertiary/aromatic N) is 8. The number of rotatable bonds is 11. The van der Waals surface area contributed by atoms with Crippen LogP contribution in [0.4, 0.5) is 5.69 Å². The monoisotopic (exact) mass is 716 g/mol. The molecule has 0 unspecified atom stereocenters. The summed E-state index contributed by atoms with van der Waals surface area (Å²) in [7, 11) is 4.15. The SMILES string of the molecule is CC(=O)NCCC(=O)N1Cc2ccccc2-c2c(nnn2CCCNC(=O)CN2CCN(C)CCN(C)CCN(CC(=O)O)CC2)-c2ccccc21. The molecule has 3 heterocycles. The van der Waals surface area contributed by atoms with Crippen LogP contribution in [0.1, 0.15) is 25.3 Å². The number of nitrogens with one attached hydrogen (secondary N) is 2. The van der Waals surface area contributed by atoms with Crippen LogP contribution in [-0.2, 0) is 32.3 Å². The van der Waals surface area contributed by atoms with Gasteiger partial charge in [0, 0.05) is 96.5 Å². The lowest BCUT2D eigenvalue weighted by atomic mass is 9.95. The van der Waals surface area contributed by atoms with Gasteiger partial charge in [-0.15, -0.1) is 5.10 Å². The molecular weight excluding hydrogens is 664 g/mol. The lowest BCUT2D eigenvalue weighted by Crippen LogP contribution is -2.47. The molecule has 3 aromatic rings. The number of carboxylic acids is 1. The number of likely N-dealkylation sites (N-methyl/N-ethyl adjacent to an activating group) is 2. The van der Waals surface area contributed by atoms with E-state index in [1.54, 1.807) is 4.90 Å². The topological polar surface area (TPSA) is 159 Å². The first kappa shape index (κ1) is 38.5. The van der Waals surface area contributed by atoms with Crippen LogP contribution < -0.4 is 15.5 Å². The summed E-state index contributed by atoms with van der Waals surface area (Å²) in [5.41, 5.74) is 4.95. The average molecular weight is 717 g/mol. The van der Waals surface area contributed by atoms with Crippen LogP contribution in [0.5, 0.6) is 0 Å². The fourth-order valence-electron chi connectivity index (χ4n) is 6.59. The minimum atomic E-state index is -0.849. The third-order valence-corrected chi connectivity index (χ3v) is 9.59. The highest BCUT2D eigenvalue weighted by atomic mass is 16.4. The van der Waals surface area contributed by atoms with Crippen LogP contribution in [-0.4, -0.2) is 156 Å². The molecule has 0 atom stereocenters. The number of carbonyl (C=O) groups is 4. The number of hydrogen-bond donors (Lipinski definition) is 3. The number of aliphatic carboxylic acids is 1. The highest BCUT2D eigenvalue weighted by Crippen LogP contribution is 2.41. The van der Waals surface area contributed by atoms with Crippen LogP contribution in [0.3, 0.4) is 0 Å².